The summed E-state index contributed by atoms with van der Waals surface area (Å²) < 4.78 is 11.5. The predicted octanol–water partition coefficient (Wildman–Crippen LogP) is 2.82. The molecule has 5 aliphatic rings. The predicted molar refractivity (Wildman–Crippen MR) is 77.0 cm³/mol. The largest absolute Gasteiger partial charge is 0.468 e. The molecule has 21 heavy (non-hydrogen) atoms. The van der Waals surface area contributed by atoms with Gasteiger partial charge in [0, 0.05) is 11.1 Å². The Morgan fingerprint density at radius 1 is 1.10 bits per heavy atom. The van der Waals surface area contributed by atoms with E-state index < -0.39 is 0 Å². The molecule has 0 amide bonds. The Hall–Kier alpha value is -2.39. The molecule has 1 unspecified atom stereocenters. The molecule has 3 nitrogen and oxygen atoms in total. The van der Waals surface area contributed by atoms with Crippen molar-refractivity contribution in [1.29, 1.82) is 0 Å². The van der Waals surface area contributed by atoms with Crippen LogP contribution in [0.1, 0.15) is 6.42 Å². The minimum atomic E-state index is -0.242. The van der Waals surface area contributed by atoms with Gasteiger partial charge in [0.25, 0.3) is 0 Å². The third-order valence-corrected chi connectivity index (χ3v) is 4.52. The van der Waals surface area contributed by atoms with Crippen molar-refractivity contribution in [3.8, 4) is 0 Å². The first-order chi connectivity index (χ1) is 10.3. The fourth-order valence-electron chi connectivity index (χ4n) is 3.67. The van der Waals surface area contributed by atoms with E-state index in [0.29, 0.717) is 0 Å². The van der Waals surface area contributed by atoms with E-state index in [0.717, 1.165) is 40.0 Å². The summed E-state index contributed by atoms with van der Waals surface area (Å²) in [5.41, 5.74) is 6.24. The zero-order valence-electron chi connectivity index (χ0n) is 11.3. The third kappa shape index (κ3) is 1.34. The molecule has 4 aliphatic carbocycles. The first kappa shape index (κ1) is 11.3. The highest BCUT2D eigenvalue weighted by Gasteiger charge is 2.42. The first-order valence-electron chi connectivity index (χ1n) is 7.09. The van der Waals surface area contributed by atoms with Gasteiger partial charge in [0.2, 0.25) is 0 Å². The van der Waals surface area contributed by atoms with Crippen molar-refractivity contribution < 1.29 is 14.3 Å². The summed E-state index contributed by atoms with van der Waals surface area (Å²) in [6, 6.07) is 0. The van der Waals surface area contributed by atoms with Gasteiger partial charge >= 0.3 is 0 Å². The summed E-state index contributed by atoms with van der Waals surface area (Å²) in [6.45, 7) is 0.249. The number of carbonyl (C=O) groups is 1. The van der Waals surface area contributed by atoms with Crippen LogP contribution in [-0.2, 0) is 14.3 Å². The average Bonchev–Trinajstić information content (AvgIpc) is 3.15. The second kappa shape index (κ2) is 3.83. The molecule has 0 N–H and O–H groups in total. The maximum atomic E-state index is 12.4. The van der Waals surface area contributed by atoms with Gasteiger partial charge in [0.15, 0.2) is 12.6 Å². The molecule has 0 bridgehead atoms. The topological polar surface area (TPSA) is 35.5 Å². The molecular formula is C18H12O3. The van der Waals surface area contributed by atoms with Crippen molar-refractivity contribution in [2.45, 2.75) is 12.5 Å². The molecular weight excluding hydrogens is 264 g/mol. The number of ketones is 1. The number of carbonyl (C=O) groups excluding carboxylic acids is 1. The zero-order chi connectivity index (χ0) is 14.0. The Bertz CT molecular complexity index is 809. The first-order valence-corrected chi connectivity index (χ1v) is 7.09. The molecule has 1 aliphatic heterocycles. The molecule has 3 heteroatoms. The molecule has 0 radical (unpaired) electrons. The molecule has 0 aromatic heterocycles. The van der Waals surface area contributed by atoms with Crippen LogP contribution in [0.3, 0.4) is 0 Å². The van der Waals surface area contributed by atoms with E-state index >= 15 is 0 Å². The van der Waals surface area contributed by atoms with Gasteiger partial charge < -0.3 is 9.47 Å². The SMILES string of the molecule is O=C1C=CC=C2C1=C1CC=C3C=CC=C3C1=C1OCOC21. The van der Waals surface area contributed by atoms with Crippen LogP contribution in [0.2, 0.25) is 0 Å². The van der Waals surface area contributed by atoms with Crippen molar-refractivity contribution in [3.05, 3.63) is 81.7 Å². The Morgan fingerprint density at radius 2 is 2.00 bits per heavy atom. The number of ether oxygens (including phenoxy) is 2. The van der Waals surface area contributed by atoms with E-state index in [4.69, 9.17) is 9.47 Å². The van der Waals surface area contributed by atoms with Gasteiger partial charge in [0.05, 0.1) is 0 Å². The second-order valence-corrected chi connectivity index (χ2v) is 5.55. The molecule has 0 spiro atoms. The lowest BCUT2D eigenvalue weighted by Gasteiger charge is -2.32. The minimum absolute atomic E-state index is 0.0676. The summed E-state index contributed by atoms with van der Waals surface area (Å²) in [7, 11) is 0. The maximum Gasteiger partial charge on any atom is 0.190 e. The molecule has 102 valence electrons. The zero-order valence-corrected chi connectivity index (χ0v) is 11.3. The van der Waals surface area contributed by atoms with E-state index in [1.807, 2.05) is 12.2 Å². The van der Waals surface area contributed by atoms with E-state index in [9.17, 15) is 4.79 Å². The Balaban J connectivity index is 1.84. The fraction of sp³-hybridized carbons (Fsp3) is 0.167. The van der Waals surface area contributed by atoms with Gasteiger partial charge in [-0.2, -0.15) is 0 Å². The summed E-state index contributed by atoms with van der Waals surface area (Å²) in [4.78, 5) is 12.4. The van der Waals surface area contributed by atoms with Gasteiger partial charge in [-0.25, -0.2) is 0 Å². The Labute approximate surface area is 121 Å². The van der Waals surface area contributed by atoms with E-state index in [1.165, 1.54) is 5.57 Å². The van der Waals surface area contributed by atoms with Crippen molar-refractivity contribution in [2.24, 2.45) is 0 Å². The lowest BCUT2D eigenvalue weighted by Crippen LogP contribution is -2.27. The summed E-state index contributed by atoms with van der Waals surface area (Å²) in [5.74, 6) is 0.932. The molecule has 0 saturated carbocycles. The maximum absolute atomic E-state index is 12.4. The highest BCUT2D eigenvalue weighted by atomic mass is 16.7. The highest BCUT2D eigenvalue weighted by Crippen LogP contribution is 2.49. The molecule has 1 heterocycles. The van der Waals surface area contributed by atoms with Gasteiger partial charge in [-0.05, 0) is 34.8 Å². The fourth-order valence-corrected chi connectivity index (χ4v) is 3.67. The number of fused-ring (bicyclic) bond motifs is 6. The Kier molecular flexibility index (Phi) is 2.06. The van der Waals surface area contributed by atoms with Crippen LogP contribution >= 0.6 is 0 Å². The average molecular weight is 276 g/mol. The molecule has 1 saturated heterocycles. The van der Waals surface area contributed by atoms with Crippen molar-refractivity contribution in [3.63, 3.8) is 0 Å². The second-order valence-electron chi connectivity index (χ2n) is 5.55. The highest BCUT2D eigenvalue weighted by molar-refractivity contribution is 6.11. The summed E-state index contributed by atoms with van der Waals surface area (Å²) >= 11 is 0. The van der Waals surface area contributed by atoms with Crippen LogP contribution in [0.4, 0.5) is 0 Å². The number of allylic oxidation sites excluding steroid dienone is 11. The monoisotopic (exact) mass is 276 g/mol. The van der Waals surface area contributed by atoms with Crippen LogP contribution in [0.15, 0.2) is 81.7 Å². The molecule has 0 aromatic rings. The number of hydrogen-bond acceptors (Lipinski definition) is 3. The minimum Gasteiger partial charge on any atom is -0.468 e. The van der Waals surface area contributed by atoms with E-state index in [-0.39, 0.29) is 18.7 Å². The van der Waals surface area contributed by atoms with Crippen molar-refractivity contribution in [1.82, 2.24) is 0 Å². The third-order valence-electron chi connectivity index (χ3n) is 4.52. The Morgan fingerprint density at radius 3 is 2.95 bits per heavy atom. The number of hydrogen-bond donors (Lipinski definition) is 0. The van der Waals surface area contributed by atoms with Crippen LogP contribution < -0.4 is 0 Å². The standard InChI is InChI=1S/C18H12O3/c19-14-6-2-5-13-15(14)12-8-7-10-3-1-4-11(10)16(12)18-17(13)20-9-21-18/h1-7,17H,8-9H2. The summed E-state index contributed by atoms with van der Waals surface area (Å²) in [6.07, 6.45) is 14.3. The lowest BCUT2D eigenvalue weighted by atomic mass is 9.73. The number of rotatable bonds is 0. The smallest absolute Gasteiger partial charge is 0.190 e. The van der Waals surface area contributed by atoms with E-state index in [2.05, 4.69) is 18.2 Å². The van der Waals surface area contributed by atoms with Gasteiger partial charge in [-0.15, -0.1) is 0 Å². The molecule has 5 rings (SSSR count). The van der Waals surface area contributed by atoms with Crippen LogP contribution in [-0.4, -0.2) is 18.7 Å². The van der Waals surface area contributed by atoms with Crippen LogP contribution in [0.25, 0.3) is 0 Å². The lowest BCUT2D eigenvalue weighted by molar-refractivity contribution is -0.111. The quantitative estimate of drug-likeness (QED) is 0.682. The molecule has 1 fully saturated rings. The molecule has 0 aromatic carbocycles. The van der Waals surface area contributed by atoms with Gasteiger partial charge in [-0.3, -0.25) is 4.79 Å². The normalized spacial score (nSPS) is 28.5. The molecule has 1 atom stereocenters. The van der Waals surface area contributed by atoms with Crippen LogP contribution in [0.5, 0.6) is 0 Å². The van der Waals surface area contributed by atoms with Gasteiger partial charge in [0.1, 0.15) is 11.9 Å². The van der Waals surface area contributed by atoms with Crippen LogP contribution in [0, 0.1) is 0 Å². The van der Waals surface area contributed by atoms with Crippen molar-refractivity contribution >= 4 is 5.78 Å². The summed E-state index contributed by atoms with van der Waals surface area (Å²) in [5, 5.41) is 0. The van der Waals surface area contributed by atoms with Crippen molar-refractivity contribution in [2.75, 3.05) is 6.79 Å². The van der Waals surface area contributed by atoms with Gasteiger partial charge in [-0.1, -0.05) is 36.5 Å². The van der Waals surface area contributed by atoms with E-state index in [1.54, 1.807) is 12.2 Å².